The van der Waals surface area contributed by atoms with Gasteiger partial charge >= 0.3 is 0 Å². The van der Waals surface area contributed by atoms with Crippen LogP contribution in [0.2, 0.25) is 0 Å². The summed E-state index contributed by atoms with van der Waals surface area (Å²) in [6.45, 7) is 4.40. The van der Waals surface area contributed by atoms with Crippen molar-refractivity contribution in [3.8, 4) is 0 Å². The van der Waals surface area contributed by atoms with Crippen LogP contribution in [0.1, 0.15) is 174 Å². The van der Waals surface area contributed by atoms with Gasteiger partial charge in [-0.1, -0.05) is 164 Å². The highest BCUT2D eigenvalue weighted by Gasteiger charge is 2.24. The van der Waals surface area contributed by atoms with E-state index in [0.29, 0.717) is 12.8 Å². The molecule has 0 radical (unpaired) electrons. The van der Waals surface area contributed by atoms with Gasteiger partial charge in [-0.05, 0) is 64.2 Å². The molecule has 2 unspecified atom stereocenters. The van der Waals surface area contributed by atoms with Crippen molar-refractivity contribution >= 4 is 16.0 Å². The van der Waals surface area contributed by atoms with Gasteiger partial charge < -0.3 is 10.4 Å². The summed E-state index contributed by atoms with van der Waals surface area (Å²) in [5.74, 6) is -1.04. The molecule has 0 aliphatic rings. The molecule has 0 bridgehead atoms. The Kier molecular flexibility index (Phi) is 33.5. The van der Waals surface area contributed by atoms with E-state index in [0.717, 1.165) is 51.4 Å². The average Bonchev–Trinajstić information content (AvgIpc) is 3.05. The predicted molar refractivity (Wildman–Crippen MR) is 207 cm³/mol. The molecule has 0 aromatic rings. The number of rotatable bonds is 34. The lowest BCUT2D eigenvalue weighted by Crippen LogP contribution is -2.46. The van der Waals surface area contributed by atoms with E-state index in [4.69, 9.17) is 0 Å². The van der Waals surface area contributed by atoms with Gasteiger partial charge in [0.25, 0.3) is 10.1 Å². The van der Waals surface area contributed by atoms with Crippen LogP contribution in [-0.2, 0) is 14.9 Å². The largest absolute Gasteiger partial charge is 0.387 e. The summed E-state index contributed by atoms with van der Waals surface area (Å²) < 4.78 is 32.4. The zero-order valence-corrected chi connectivity index (χ0v) is 31.7. The highest BCUT2D eigenvalue weighted by molar-refractivity contribution is 7.85. The minimum absolute atomic E-state index is 0.250. The number of hydrogen-bond acceptors (Lipinski definition) is 4. The van der Waals surface area contributed by atoms with E-state index in [1.165, 1.54) is 96.0 Å². The summed E-state index contributed by atoms with van der Waals surface area (Å²) in [6, 6.07) is -1.09. The molecule has 6 nitrogen and oxygen atoms in total. The molecule has 0 heterocycles. The van der Waals surface area contributed by atoms with Crippen molar-refractivity contribution in [2.75, 3.05) is 5.75 Å². The molecule has 3 N–H and O–H groups in total. The lowest BCUT2D eigenvalue weighted by molar-refractivity contribution is -0.122. The maximum Gasteiger partial charge on any atom is 0.267 e. The smallest absolute Gasteiger partial charge is 0.267 e. The number of allylic oxidation sites excluding steroid dienone is 9. The zero-order valence-electron chi connectivity index (χ0n) is 30.8. The molecule has 1 amide bonds. The van der Waals surface area contributed by atoms with E-state index in [-0.39, 0.29) is 12.3 Å². The van der Waals surface area contributed by atoms with Gasteiger partial charge in [0, 0.05) is 6.42 Å². The standard InChI is InChI=1S/C41H73NO5S/c1-3-5-7-9-11-13-15-17-18-19-20-21-22-23-25-26-28-30-32-34-36-40(43)39(38-48(45,46)47)42-41(44)37-35-33-31-29-27-24-16-14-12-10-8-6-4-2/h6,8,12,14,24,26-28,34,36,39-40,43H,3-5,7,9-11,13,15-23,25,29-33,35,37-38H2,1-2H3,(H,42,44)(H,45,46,47)/b8-6-,14-12-,27-24-,28-26+,36-34+. The lowest BCUT2D eigenvalue weighted by Gasteiger charge is -2.21. The Morgan fingerprint density at radius 3 is 1.56 bits per heavy atom. The Morgan fingerprint density at radius 1 is 0.583 bits per heavy atom. The van der Waals surface area contributed by atoms with E-state index in [1.807, 2.05) is 0 Å². The normalized spacial score (nSPS) is 14.0. The number of carbonyl (C=O) groups is 1. The third-order valence-corrected chi connectivity index (χ3v) is 9.21. The van der Waals surface area contributed by atoms with Crippen LogP contribution in [0.4, 0.5) is 0 Å². The van der Waals surface area contributed by atoms with Gasteiger partial charge in [0.2, 0.25) is 5.91 Å². The van der Waals surface area contributed by atoms with Crippen molar-refractivity contribution in [2.24, 2.45) is 0 Å². The number of aliphatic hydroxyl groups excluding tert-OH is 1. The quantitative estimate of drug-likeness (QED) is 0.0354. The van der Waals surface area contributed by atoms with Crippen molar-refractivity contribution in [3.05, 3.63) is 60.8 Å². The molecule has 0 fully saturated rings. The second-order valence-electron chi connectivity index (χ2n) is 13.2. The Hall–Kier alpha value is -1.96. The van der Waals surface area contributed by atoms with Crippen LogP contribution < -0.4 is 5.32 Å². The van der Waals surface area contributed by atoms with E-state index in [9.17, 15) is 22.9 Å². The first-order valence-corrected chi connectivity index (χ1v) is 21.1. The Bertz CT molecular complexity index is 983. The maximum atomic E-state index is 12.4. The number of amides is 1. The fourth-order valence-electron chi connectivity index (χ4n) is 5.54. The first-order valence-electron chi connectivity index (χ1n) is 19.5. The molecule has 0 aliphatic carbocycles. The average molecular weight is 692 g/mol. The van der Waals surface area contributed by atoms with Gasteiger partial charge in [-0.2, -0.15) is 8.42 Å². The number of unbranched alkanes of at least 4 members (excludes halogenated alkanes) is 18. The molecule has 0 aliphatic heterocycles. The van der Waals surface area contributed by atoms with Crippen molar-refractivity contribution < 1.29 is 22.9 Å². The number of hydrogen-bond donors (Lipinski definition) is 3. The first kappa shape index (κ1) is 46.0. The van der Waals surface area contributed by atoms with E-state index < -0.39 is 28.0 Å². The van der Waals surface area contributed by atoms with E-state index >= 15 is 0 Å². The van der Waals surface area contributed by atoms with Crippen LogP contribution in [0.25, 0.3) is 0 Å². The topological polar surface area (TPSA) is 104 Å². The summed E-state index contributed by atoms with van der Waals surface area (Å²) >= 11 is 0. The van der Waals surface area contributed by atoms with Crippen LogP contribution in [-0.4, -0.2) is 41.9 Å². The SMILES string of the molecule is CC/C=C\C/C=C\C/C=C\CCCCCC(=O)NC(CS(=O)(=O)O)C(O)/C=C/CC/C=C/CCCCCCCCCCCCCCCC. The minimum Gasteiger partial charge on any atom is -0.387 e. The fraction of sp³-hybridized carbons (Fsp3) is 0.732. The Morgan fingerprint density at radius 2 is 1.02 bits per heavy atom. The number of nitrogens with one attached hydrogen (secondary N) is 1. The molecule has 0 aromatic carbocycles. The maximum absolute atomic E-state index is 12.4. The molecule has 2 atom stereocenters. The van der Waals surface area contributed by atoms with Gasteiger partial charge in [-0.25, -0.2) is 0 Å². The molecule has 0 spiro atoms. The highest BCUT2D eigenvalue weighted by atomic mass is 32.2. The van der Waals surface area contributed by atoms with Gasteiger partial charge in [-0.3, -0.25) is 9.35 Å². The zero-order chi connectivity index (χ0) is 35.4. The monoisotopic (exact) mass is 692 g/mol. The molecule has 278 valence electrons. The fourth-order valence-corrected chi connectivity index (χ4v) is 6.27. The molecule has 0 saturated heterocycles. The van der Waals surface area contributed by atoms with E-state index in [1.54, 1.807) is 6.08 Å². The lowest BCUT2D eigenvalue weighted by atomic mass is 10.0. The molecular weight excluding hydrogens is 619 g/mol. The highest BCUT2D eigenvalue weighted by Crippen LogP contribution is 2.14. The number of carbonyl (C=O) groups excluding carboxylic acids is 1. The second-order valence-corrected chi connectivity index (χ2v) is 14.7. The molecule has 0 aromatic heterocycles. The Balaban J connectivity index is 4.03. The summed E-state index contributed by atoms with van der Waals surface area (Å²) in [5, 5.41) is 13.2. The van der Waals surface area contributed by atoms with E-state index in [2.05, 4.69) is 67.8 Å². The van der Waals surface area contributed by atoms with Crippen molar-refractivity contribution in [2.45, 2.75) is 187 Å². The van der Waals surface area contributed by atoms with Gasteiger partial charge in [0.1, 0.15) is 0 Å². The minimum atomic E-state index is -4.36. The molecular formula is C41H73NO5S. The van der Waals surface area contributed by atoms with Crippen molar-refractivity contribution in [1.29, 1.82) is 0 Å². The summed E-state index contributed by atoms with van der Waals surface area (Å²) in [7, 11) is -4.36. The molecule has 7 heteroatoms. The van der Waals surface area contributed by atoms with Crippen molar-refractivity contribution in [3.63, 3.8) is 0 Å². The predicted octanol–water partition coefficient (Wildman–Crippen LogP) is 11.3. The van der Waals surface area contributed by atoms with Crippen LogP contribution >= 0.6 is 0 Å². The van der Waals surface area contributed by atoms with Gasteiger partial charge in [0.15, 0.2) is 0 Å². The van der Waals surface area contributed by atoms with Crippen LogP contribution in [0, 0.1) is 0 Å². The number of aliphatic hydroxyl groups is 1. The van der Waals surface area contributed by atoms with Gasteiger partial charge in [0.05, 0.1) is 17.9 Å². The third-order valence-electron chi connectivity index (χ3n) is 8.43. The van der Waals surface area contributed by atoms with Crippen LogP contribution in [0.5, 0.6) is 0 Å². The van der Waals surface area contributed by atoms with Crippen LogP contribution in [0.3, 0.4) is 0 Å². The molecule has 48 heavy (non-hydrogen) atoms. The summed E-state index contributed by atoms with van der Waals surface area (Å²) in [5.41, 5.74) is 0. The molecule has 0 rings (SSSR count). The Labute approximate surface area is 296 Å². The van der Waals surface area contributed by atoms with Crippen molar-refractivity contribution in [1.82, 2.24) is 5.32 Å². The molecule has 0 saturated carbocycles. The van der Waals surface area contributed by atoms with Gasteiger partial charge in [-0.15, -0.1) is 0 Å². The second kappa shape index (κ2) is 34.9. The van der Waals surface area contributed by atoms with Crippen LogP contribution in [0.15, 0.2) is 60.8 Å². The summed E-state index contributed by atoms with van der Waals surface area (Å²) in [4.78, 5) is 12.4. The summed E-state index contributed by atoms with van der Waals surface area (Å²) in [6.07, 6.45) is 47.9. The first-order chi connectivity index (χ1) is 23.3. The third kappa shape index (κ3) is 35.3.